The van der Waals surface area contributed by atoms with Gasteiger partial charge < -0.3 is 19.6 Å². The molecule has 1 heterocycles. The molecule has 2 N–H and O–H groups in total. The molecule has 158 valence electrons. The highest BCUT2D eigenvalue weighted by atomic mass is 16.5. The molecule has 29 heavy (non-hydrogen) atoms. The number of hydrogen-bond acceptors (Lipinski definition) is 5. The van der Waals surface area contributed by atoms with E-state index in [1.165, 1.54) is 6.07 Å². The second kappa shape index (κ2) is 9.58. The monoisotopic (exact) mass is 403 g/mol. The maximum absolute atomic E-state index is 12.4. The number of hydrogen-bond donors (Lipinski definition) is 2. The quantitative estimate of drug-likeness (QED) is 0.621. The minimum atomic E-state index is -1.08. The summed E-state index contributed by atoms with van der Waals surface area (Å²) in [5.41, 5.74) is 1.55. The van der Waals surface area contributed by atoms with Crippen LogP contribution in [0.1, 0.15) is 51.7 Å². The third-order valence-corrected chi connectivity index (χ3v) is 4.71. The zero-order chi connectivity index (χ0) is 21.7. The number of carbonyl (C=O) groups excluding carboxylic acids is 1. The van der Waals surface area contributed by atoms with Crippen molar-refractivity contribution in [1.29, 1.82) is 0 Å². The van der Waals surface area contributed by atoms with Gasteiger partial charge >= 0.3 is 11.6 Å². The van der Waals surface area contributed by atoms with E-state index in [1.807, 2.05) is 26.8 Å². The maximum Gasteiger partial charge on any atom is 0.336 e. The second-order valence-electron chi connectivity index (χ2n) is 7.70. The molecular weight excluding hydrogens is 374 g/mol. The summed E-state index contributed by atoms with van der Waals surface area (Å²) in [7, 11) is 0. The van der Waals surface area contributed by atoms with E-state index >= 15 is 0 Å². The van der Waals surface area contributed by atoms with Crippen molar-refractivity contribution < 1.29 is 23.8 Å². The van der Waals surface area contributed by atoms with Gasteiger partial charge in [0, 0.05) is 17.0 Å². The first-order valence-electron chi connectivity index (χ1n) is 9.90. The van der Waals surface area contributed by atoms with Crippen LogP contribution in [0.25, 0.3) is 11.0 Å². The highest BCUT2D eigenvalue weighted by Crippen LogP contribution is 2.29. The molecule has 0 radical (unpaired) electrons. The van der Waals surface area contributed by atoms with E-state index in [4.69, 9.17) is 9.15 Å². The molecule has 0 aliphatic heterocycles. The van der Waals surface area contributed by atoms with Gasteiger partial charge in [-0.05, 0) is 50.3 Å². The number of ether oxygens (including phenoxy) is 1. The second-order valence-corrected chi connectivity index (χ2v) is 7.70. The van der Waals surface area contributed by atoms with Crippen LogP contribution < -0.4 is 15.7 Å². The number of aryl methyl sites for hydroxylation is 2. The van der Waals surface area contributed by atoms with Crippen LogP contribution >= 0.6 is 0 Å². The third kappa shape index (κ3) is 5.59. The van der Waals surface area contributed by atoms with Crippen LogP contribution in [0.2, 0.25) is 0 Å². The van der Waals surface area contributed by atoms with Crippen LogP contribution in [-0.2, 0) is 16.0 Å². The molecule has 0 bridgehead atoms. The lowest BCUT2D eigenvalue weighted by atomic mass is 10.0. The van der Waals surface area contributed by atoms with Crippen molar-refractivity contribution in [2.24, 2.45) is 5.92 Å². The van der Waals surface area contributed by atoms with Crippen molar-refractivity contribution in [3.05, 3.63) is 39.7 Å². The molecule has 7 heteroatoms. The fraction of sp³-hybridized carbons (Fsp3) is 0.500. The lowest BCUT2D eigenvalue weighted by Crippen LogP contribution is -2.46. The topological polar surface area (TPSA) is 106 Å². The van der Waals surface area contributed by atoms with Gasteiger partial charge in [0.15, 0.2) is 6.10 Å². The Bertz CT molecular complexity index is 946. The van der Waals surface area contributed by atoms with E-state index in [9.17, 15) is 19.5 Å². The van der Waals surface area contributed by atoms with Gasteiger partial charge in [0.05, 0.1) is 0 Å². The minimum Gasteiger partial charge on any atom is -0.480 e. The van der Waals surface area contributed by atoms with Gasteiger partial charge in [-0.2, -0.15) is 0 Å². The van der Waals surface area contributed by atoms with Crippen LogP contribution in [0, 0.1) is 12.8 Å². The van der Waals surface area contributed by atoms with Crippen molar-refractivity contribution in [3.63, 3.8) is 0 Å². The van der Waals surface area contributed by atoms with E-state index in [0.29, 0.717) is 23.3 Å². The van der Waals surface area contributed by atoms with Crippen molar-refractivity contribution in [2.45, 2.75) is 66.0 Å². The standard InChI is InChI=1S/C22H29NO6/c1-6-7-15-11-19(24)29-20-13(4)18(9-8-16(15)20)28-14(5)21(25)23-17(22(26)27)10-12(2)3/h8-9,11-12,14,17H,6-7,10H2,1-5H3,(H,23,25)(H,26,27)/t14-,17+/m0/s1. The molecule has 0 saturated carbocycles. The number of amides is 1. The highest BCUT2D eigenvalue weighted by Gasteiger charge is 2.25. The summed E-state index contributed by atoms with van der Waals surface area (Å²) >= 11 is 0. The summed E-state index contributed by atoms with van der Waals surface area (Å²) in [5, 5.41) is 12.7. The Morgan fingerprint density at radius 2 is 1.93 bits per heavy atom. The van der Waals surface area contributed by atoms with E-state index in [0.717, 1.165) is 23.8 Å². The molecule has 0 aliphatic rings. The fourth-order valence-corrected chi connectivity index (χ4v) is 3.24. The molecule has 0 unspecified atom stereocenters. The number of fused-ring (bicyclic) bond motifs is 1. The molecule has 0 aliphatic carbocycles. The molecule has 2 atom stereocenters. The van der Waals surface area contributed by atoms with Crippen molar-refractivity contribution >= 4 is 22.8 Å². The molecule has 0 fully saturated rings. The van der Waals surface area contributed by atoms with Crippen LogP contribution in [0.3, 0.4) is 0 Å². The minimum absolute atomic E-state index is 0.121. The van der Waals surface area contributed by atoms with Gasteiger partial charge in [0.25, 0.3) is 5.91 Å². The summed E-state index contributed by atoms with van der Waals surface area (Å²) < 4.78 is 11.2. The smallest absolute Gasteiger partial charge is 0.336 e. The number of carboxylic acid groups (broad SMARTS) is 1. The van der Waals surface area contributed by atoms with Crippen molar-refractivity contribution in [2.75, 3.05) is 0 Å². The molecule has 0 spiro atoms. The molecule has 1 aromatic heterocycles. The predicted octanol–water partition coefficient (Wildman–Crippen LogP) is 3.44. The van der Waals surface area contributed by atoms with Crippen LogP contribution in [0.5, 0.6) is 5.75 Å². The Balaban J connectivity index is 2.24. The van der Waals surface area contributed by atoms with Gasteiger partial charge in [0.2, 0.25) is 0 Å². The number of carbonyl (C=O) groups is 2. The summed E-state index contributed by atoms with van der Waals surface area (Å²) in [6, 6.07) is 4.09. The van der Waals surface area contributed by atoms with Gasteiger partial charge in [-0.3, -0.25) is 4.79 Å². The number of benzene rings is 1. The number of carboxylic acids is 1. The molecule has 1 aromatic carbocycles. The molecule has 2 aromatic rings. The molecule has 1 amide bonds. The Morgan fingerprint density at radius 1 is 1.24 bits per heavy atom. The Kier molecular flexibility index (Phi) is 7.42. The van der Waals surface area contributed by atoms with Crippen molar-refractivity contribution in [3.8, 4) is 5.75 Å². The lowest BCUT2D eigenvalue weighted by molar-refractivity contribution is -0.143. The summed E-state index contributed by atoms with van der Waals surface area (Å²) in [5.74, 6) is -1.06. The van der Waals surface area contributed by atoms with Crippen LogP contribution in [0.4, 0.5) is 0 Å². The molecule has 0 saturated heterocycles. The number of rotatable bonds is 9. The van der Waals surface area contributed by atoms with E-state index in [-0.39, 0.29) is 5.92 Å². The zero-order valence-electron chi connectivity index (χ0n) is 17.6. The normalized spacial score (nSPS) is 13.3. The lowest BCUT2D eigenvalue weighted by Gasteiger charge is -2.21. The van der Waals surface area contributed by atoms with Gasteiger partial charge in [0.1, 0.15) is 17.4 Å². The Hall–Kier alpha value is -2.83. The number of aliphatic carboxylic acids is 1. The van der Waals surface area contributed by atoms with Gasteiger partial charge in [-0.15, -0.1) is 0 Å². The first-order chi connectivity index (χ1) is 13.6. The number of nitrogens with one attached hydrogen (secondary N) is 1. The van der Waals surface area contributed by atoms with E-state index < -0.39 is 29.6 Å². The average molecular weight is 403 g/mol. The predicted molar refractivity (Wildman–Crippen MR) is 110 cm³/mol. The van der Waals surface area contributed by atoms with E-state index in [1.54, 1.807) is 19.9 Å². The first kappa shape index (κ1) is 22.5. The Morgan fingerprint density at radius 3 is 2.52 bits per heavy atom. The SMILES string of the molecule is CCCc1cc(=O)oc2c(C)c(O[C@@H](C)C(=O)N[C@H](CC(C)C)C(=O)O)ccc12. The fourth-order valence-electron chi connectivity index (χ4n) is 3.24. The van der Waals surface area contributed by atoms with Crippen LogP contribution in [0.15, 0.2) is 27.4 Å². The molecule has 2 rings (SSSR count). The summed E-state index contributed by atoms with van der Waals surface area (Å²) in [6.45, 7) is 9.13. The molecule has 7 nitrogen and oxygen atoms in total. The Labute approximate surface area is 170 Å². The third-order valence-electron chi connectivity index (χ3n) is 4.71. The maximum atomic E-state index is 12.4. The summed E-state index contributed by atoms with van der Waals surface area (Å²) in [6.07, 6.45) is 1.07. The average Bonchev–Trinajstić information content (AvgIpc) is 2.63. The van der Waals surface area contributed by atoms with Crippen LogP contribution in [-0.4, -0.2) is 29.1 Å². The van der Waals surface area contributed by atoms with Crippen molar-refractivity contribution in [1.82, 2.24) is 5.32 Å². The van der Waals surface area contributed by atoms with Gasteiger partial charge in [-0.25, -0.2) is 9.59 Å². The first-order valence-corrected chi connectivity index (χ1v) is 9.90. The summed E-state index contributed by atoms with van der Waals surface area (Å²) in [4.78, 5) is 35.7. The zero-order valence-corrected chi connectivity index (χ0v) is 17.6. The highest BCUT2D eigenvalue weighted by molar-refractivity contribution is 5.87. The van der Waals surface area contributed by atoms with E-state index in [2.05, 4.69) is 5.32 Å². The van der Waals surface area contributed by atoms with Gasteiger partial charge in [-0.1, -0.05) is 27.2 Å². The largest absolute Gasteiger partial charge is 0.480 e. The molecular formula is C22H29NO6.